The number of morpholine rings is 1. The summed E-state index contributed by atoms with van der Waals surface area (Å²) in [6.45, 7) is 6.94. The maximum absolute atomic E-state index is 12.6. The second-order valence-corrected chi connectivity index (χ2v) is 5.13. The van der Waals surface area contributed by atoms with Crippen molar-refractivity contribution in [3.63, 3.8) is 0 Å². The zero-order valence-electron chi connectivity index (χ0n) is 11.7. The Balaban J connectivity index is 2.28. The lowest BCUT2D eigenvalue weighted by molar-refractivity contribution is -0.0444. The van der Waals surface area contributed by atoms with Crippen molar-refractivity contribution in [2.24, 2.45) is 0 Å². The van der Waals surface area contributed by atoms with Crippen molar-refractivity contribution in [2.45, 2.75) is 39.3 Å². The first kappa shape index (κ1) is 13.9. The Labute approximate surface area is 114 Å². The van der Waals surface area contributed by atoms with Crippen LogP contribution in [0, 0.1) is 6.92 Å². The second-order valence-electron chi connectivity index (χ2n) is 5.13. The highest BCUT2D eigenvalue weighted by Gasteiger charge is 2.31. The molecule has 0 aromatic heterocycles. The highest BCUT2D eigenvalue weighted by molar-refractivity contribution is 5.97. The van der Waals surface area contributed by atoms with E-state index in [1.54, 1.807) is 25.1 Å². The van der Waals surface area contributed by atoms with E-state index in [0.717, 1.165) is 12.0 Å². The quantitative estimate of drug-likeness (QED) is 0.891. The van der Waals surface area contributed by atoms with Crippen LogP contribution in [0.1, 0.15) is 36.2 Å². The fourth-order valence-electron chi connectivity index (χ4n) is 2.42. The van der Waals surface area contributed by atoms with Crippen LogP contribution in [0.5, 0.6) is 5.75 Å². The average molecular weight is 263 g/mol. The standard InChI is InChI=1S/C15H21NO3/c1-4-12-9-19-11(3)8-16(12)15(18)13-7-5-6-10(2)14(13)17/h5-7,11-12,17H,4,8-9H2,1-3H3. The molecule has 1 N–H and O–H groups in total. The molecule has 1 aromatic rings. The van der Waals surface area contributed by atoms with Gasteiger partial charge in [-0.25, -0.2) is 0 Å². The molecule has 4 heteroatoms. The maximum atomic E-state index is 12.6. The SMILES string of the molecule is CCC1COC(C)CN1C(=O)c1cccc(C)c1O. The van der Waals surface area contributed by atoms with Gasteiger partial charge in [0.1, 0.15) is 5.75 Å². The molecule has 4 nitrogen and oxygen atoms in total. The highest BCUT2D eigenvalue weighted by Crippen LogP contribution is 2.25. The summed E-state index contributed by atoms with van der Waals surface area (Å²) in [5.41, 5.74) is 1.10. The Kier molecular flexibility index (Phi) is 4.10. The molecule has 2 atom stereocenters. The van der Waals surface area contributed by atoms with Crippen LogP contribution in [0.4, 0.5) is 0 Å². The summed E-state index contributed by atoms with van der Waals surface area (Å²) in [5, 5.41) is 10.0. The molecular formula is C15H21NO3. The smallest absolute Gasteiger partial charge is 0.258 e. The van der Waals surface area contributed by atoms with Gasteiger partial charge in [0.25, 0.3) is 5.91 Å². The van der Waals surface area contributed by atoms with Gasteiger partial charge in [-0.15, -0.1) is 0 Å². The van der Waals surface area contributed by atoms with Crippen molar-refractivity contribution >= 4 is 5.91 Å². The number of hydrogen-bond donors (Lipinski definition) is 1. The number of phenols is 1. The third-order valence-electron chi connectivity index (χ3n) is 3.67. The first-order chi connectivity index (χ1) is 9.04. The summed E-state index contributed by atoms with van der Waals surface area (Å²) in [7, 11) is 0. The van der Waals surface area contributed by atoms with Crippen LogP contribution in [0.15, 0.2) is 18.2 Å². The third-order valence-corrected chi connectivity index (χ3v) is 3.67. The predicted molar refractivity (Wildman–Crippen MR) is 73.4 cm³/mol. The number of para-hydroxylation sites is 1. The van der Waals surface area contributed by atoms with E-state index in [-0.39, 0.29) is 23.8 Å². The van der Waals surface area contributed by atoms with Crippen molar-refractivity contribution in [1.82, 2.24) is 4.90 Å². The van der Waals surface area contributed by atoms with Gasteiger partial charge in [0, 0.05) is 6.54 Å². The molecule has 0 bridgehead atoms. The number of benzene rings is 1. The lowest BCUT2D eigenvalue weighted by Crippen LogP contribution is -2.51. The fraction of sp³-hybridized carbons (Fsp3) is 0.533. The number of amides is 1. The minimum Gasteiger partial charge on any atom is -0.507 e. The number of hydrogen-bond acceptors (Lipinski definition) is 3. The summed E-state index contributed by atoms with van der Waals surface area (Å²) in [6.07, 6.45) is 0.893. The monoisotopic (exact) mass is 263 g/mol. The van der Waals surface area contributed by atoms with Crippen LogP contribution < -0.4 is 0 Å². The highest BCUT2D eigenvalue weighted by atomic mass is 16.5. The second kappa shape index (κ2) is 5.61. The van der Waals surface area contributed by atoms with Crippen molar-refractivity contribution in [3.8, 4) is 5.75 Å². The van der Waals surface area contributed by atoms with E-state index >= 15 is 0 Å². The van der Waals surface area contributed by atoms with Crippen molar-refractivity contribution < 1.29 is 14.6 Å². The van der Waals surface area contributed by atoms with Gasteiger partial charge in [0.05, 0.1) is 24.3 Å². The Bertz CT molecular complexity index is 472. The van der Waals surface area contributed by atoms with Crippen LogP contribution in [0.2, 0.25) is 0 Å². The summed E-state index contributed by atoms with van der Waals surface area (Å²) in [5.74, 6) is -0.0234. The van der Waals surface area contributed by atoms with E-state index in [1.807, 2.05) is 18.7 Å². The van der Waals surface area contributed by atoms with E-state index < -0.39 is 0 Å². The molecule has 104 valence electrons. The third kappa shape index (κ3) is 2.73. The van der Waals surface area contributed by atoms with E-state index in [0.29, 0.717) is 18.7 Å². The summed E-state index contributed by atoms with van der Waals surface area (Å²) in [4.78, 5) is 14.4. The lowest BCUT2D eigenvalue weighted by atomic mass is 10.1. The van der Waals surface area contributed by atoms with Crippen LogP contribution in [-0.2, 0) is 4.74 Å². The fourth-order valence-corrected chi connectivity index (χ4v) is 2.42. The normalized spacial score (nSPS) is 23.4. The zero-order valence-corrected chi connectivity index (χ0v) is 11.7. The van der Waals surface area contributed by atoms with E-state index in [2.05, 4.69) is 0 Å². The van der Waals surface area contributed by atoms with Crippen molar-refractivity contribution in [1.29, 1.82) is 0 Å². The van der Waals surface area contributed by atoms with Crippen molar-refractivity contribution in [3.05, 3.63) is 29.3 Å². The largest absolute Gasteiger partial charge is 0.507 e. The molecule has 0 aliphatic carbocycles. The molecule has 1 aliphatic rings. The minimum absolute atomic E-state index is 0.0405. The van der Waals surface area contributed by atoms with Gasteiger partial charge in [-0.1, -0.05) is 19.1 Å². The van der Waals surface area contributed by atoms with Gasteiger partial charge in [-0.3, -0.25) is 4.79 Å². The predicted octanol–water partition coefficient (Wildman–Crippen LogP) is 2.34. The van der Waals surface area contributed by atoms with E-state index in [4.69, 9.17) is 4.74 Å². The first-order valence-corrected chi connectivity index (χ1v) is 6.75. The molecule has 1 aromatic carbocycles. The average Bonchev–Trinajstić information content (AvgIpc) is 2.41. The van der Waals surface area contributed by atoms with Gasteiger partial charge in [-0.05, 0) is 31.9 Å². The number of carbonyl (C=O) groups is 1. The molecule has 1 aliphatic heterocycles. The van der Waals surface area contributed by atoms with Gasteiger partial charge < -0.3 is 14.7 Å². The van der Waals surface area contributed by atoms with Gasteiger partial charge in [0.2, 0.25) is 0 Å². The van der Waals surface area contributed by atoms with E-state index in [9.17, 15) is 9.90 Å². The number of rotatable bonds is 2. The maximum Gasteiger partial charge on any atom is 0.258 e. The summed E-state index contributed by atoms with van der Waals surface area (Å²) < 4.78 is 5.60. The van der Waals surface area contributed by atoms with Crippen molar-refractivity contribution in [2.75, 3.05) is 13.2 Å². The Morgan fingerprint density at radius 1 is 1.53 bits per heavy atom. The Hall–Kier alpha value is -1.55. The number of nitrogens with zero attached hydrogens (tertiary/aromatic N) is 1. The van der Waals surface area contributed by atoms with Crippen LogP contribution in [-0.4, -0.2) is 41.2 Å². The Morgan fingerprint density at radius 2 is 2.26 bits per heavy atom. The number of aromatic hydroxyl groups is 1. The van der Waals surface area contributed by atoms with Crippen LogP contribution in [0.3, 0.4) is 0 Å². The first-order valence-electron chi connectivity index (χ1n) is 6.75. The summed E-state index contributed by atoms with van der Waals surface area (Å²) >= 11 is 0. The van der Waals surface area contributed by atoms with Gasteiger partial charge in [-0.2, -0.15) is 0 Å². The van der Waals surface area contributed by atoms with Gasteiger partial charge >= 0.3 is 0 Å². The number of ether oxygens (including phenoxy) is 1. The number of carbonyl (C=O) groups excluding carboxylic acids is 1. The van der Waals surface area contributed by atoms with Crippen LogP contribution >= 0.6 is 0 Å². The molecule has 1 amide bonds. The molecule has 0 radical (unpaired) electrons. The molecule has 0 saturated carbocycles. The Morgan fingerprint density at radius 3 is 2.95 bits per heavy atom. The number of phenolic OH excluding ortho intramolecular Hbond substituents is 1. The summed E-state index contributed by atoms with van der Waals surface area (Å²) in [6, 6.07) is 5.36. The molecule has 2 unspecified atom stereocenters. The molecule has 2 rings (SSSR count). The molecule has 1 saturated heterocycles. The number of aryl methyl sites for hydroxylation is 1. The zero-order chi connectivity index (χ0) is 14.0. The molecular weight excluding hydrogens is 242 g/mol. The minimum atomic E-state index is -0.108. The lowest BCUT2D eigenvalue weighted by Gasteiger charge is -2.38. The van der Waals surface area contributed by atoms with Crippen LogP contribution in [0.25, 0.3) is 0 Å². The van der Waals surface area contributed by atoms with E-state index in [1.165, 1.54) is 0 Å². The molecule has 0 spiro atoms. The topological polar surface area (TPSA) is 49.8 Å². The molecule has 1 fully saturated rings. The molecule has 1 heterocycles. The molecule has 19 heavy (non-hydrogen) atoms. The van der Waals surface area contributed by atoms with Gasteiger partial charge in [0.15, 0.2) is 0 Å².